The van der Waals surface area contributed by atoms with Crippen molar-refractivity contribution in [3.05, 3.63) is 39.4 Å². The SMILES string of the molecule is CN(C)CCN(C)C(=O)c1c(F)ccc([N+](=O)[O-])c1F. The van der Waals surface area contributed by atoms with Crippen molar-refractivity contribution in [2.75, 3.05) is 34.2 Å². The van der Waals surface area contributed by atoms with Crippen LogP contribution in [0.1, 0.15) is 10.4 Å². The summed E-state index contributed by atoms with van der Waals surface area (Å²) in [6.45, 7) is 0.744. The minimum absolute atomic E-state index is 0.243. The van der Waals surface area contributed by atoms with E-state index in [0.29, 0.717) is 18.7 Å². The second kappa shape index (κ2) is 6.38. The summed E-state index contributed by atoms with van der Waals surface area (Å²) in [6, 6.07) is 1.41. The summed E-state index contributed by atoms with van der Waals surface area (Å²) in [5, 5.41) is 10.6. The summed E-state index contributed by atoms with van der Waals surface area (Å²) in [5.41, 5.74) is -1.82. The largest absolute Gasteiger partial charge is 0.340 e. The normalized spacial score (nSPS) is 10.7. The summed E-state index contributed by atoms with van der Waals surface area (Å²) in [7, 11) is 4.95. The Labute approximate surface area is 114 Å². The first-order valence-electron chi connectivity index (χ1n) is 5.78. The van der Waals surface area contributed by atoms with Crippen LogP contribution in [-0.2, 0) is 0 Å². The number of carbonyl (C=O) groups is 1. The molecule has 0 bridgehead atoms. The molecule has 0 aliphatic carbocycles. The first kappa shape index (κ1) is 16.0. The van der Waals surface area contributed by atoms with Crippen LogP contribution < -0.4 is 0 Å². The van der Waals surface area contributed by atoms with Crippen LogP contribution in [0.2, 0.25) is 0 Å². The van der Waals surface area contributed by atoms with Gasteiger partial charge in [0.1, 0.15) is 11.4 Å². The van der Waals surface area contributed by atoms with E-state index < -0.39 is 33.7 Å². The number of halogens is 2. The molecular formula is C12H15F2N3O3. The zero-order valence-corrected chi connectivity index (χ0v) is 11.4. The lowest BCUT2D eigenvalue weighted by Crippen LogP contribution is -2.34. The van der Waals surface area contributed by atoms with Gasteiger partial charge in [0, 0.05) is 26.2 Å². The molecule has 1 aromatic carbocycles. The highest BCUT2D eigenvalue weighted by Gasteiger charge is 2.27. The van der Waals surface area contributed by atoms with Gasteiger partial charge in [0.05, 0.1) is 4.92 Å². The van der Waals surface area contributed by atoms with Gasteiger partial charge >= 0.3 is 5.69 Å². The molecule has 0 heterocycles. The Hall–Kier alpha value is -2.09. The Morgan fingerprint density at radius 1 is 1.25 bits per heavy atom. The minimum Gasteiger partial charge on any atom is -0.340 e. The Morgan fingerprint density at radius 2 is 1.85 bits per heavy atom. The summed E-state index contributed by atoms with van der Waals surface area (Å²) < 4.78 is 27.4. The fourth-order valence-electron chi connectivity index (χ4n) is 1.52. The first-order chi connectivity index (χ1) is 9.25. The Bertz CT molecular complexity index is 535. The molecule has 0 aliphatic heterocycles. The van der Waals surface area contributed by atoms with Crippen LogP contribution in [0.5, 0.6) is 0 Å². The molecule has 1 rings (SSSR count). The summed E-state index contributed by atoms with van der Waals surface area (Å²) in [5.74, 6) is -3.49. The Balaban J connectivity index is 3.09. The summed E-state index contributed by atoms with van der Waals surface area (Å²) >= 11 is 0. The molecule has 6 nitrogen and oxygen atoms in total. The highest BCUT2D eigenvalue weighted by molar-refractivity contribution is 5.95. The molecule has 1 aromatic rings. The van der Waals surface area contributed by atoms with Gasteiger partial charge in [-0.2, -0.15) is 4.39 Å². The number of likely N-dealkylation sites (N-methyl/N-ethyl adjacent to an activating group) is 2. The maximum atomic E-state index is 13.9. The number of hydrogen-bond acceptors (Lipinski definition) is 4. The third kappa shape index (κ3) is 3.47. The zero-order chi connectivity index (χ0) is 15.4. The second-order valence-corrected chi connectivity index (χ2v) is 4.54. The number of nitrogens with zero attached hydrogens (tertiary/aromatic N) is 3. The average molecular weight is 287 g/mol. The smallest absolute Gasteiger partial charge is 0.305 e. The number of nitro groups is 1. The van der Waals surface area contributed by atoms with E-state index in [0.717, 1.165) is 4.90 Å². The van der Waals surface area contributed by atoms with Crippen molar-refractivity contribution in [2.24, 2.45) is 0 Å². The van der Waals surface area contributed by atoms with Crippen LogP contribution in [0.15, 0.2) is 12.1 Å². The van der Waals surface area contributed by atoms with Gasteiger partial charge in [-0.05, 0) is 20.2 Å². The van der Waals surface area contributed by atoms with Crippen LogP contribution in [0, 0.1) is 21.7 Å². The maximum absolute atomic E-state index is 13.9. The molecule has 1 amide bonds. The number of hydrogen-bond donors (Lipinski definition) is 0. The van der Waals surface area contributed by atoms with Gasteiger partial charge < -0.3 is 9.80 Å². The molecule has 0 saturated heterocycles. The Kier molecular flexibility index (Phi) is 5.09. The number of benzene rings is 1. The fraction of sp³-hybridized carbons (Fsp3) is 0.417. The molecule has 0 radical (unpaired) electrons. The van der Waals surface area contributed by atoms with E-state index >= 15 is 0 Å². The molecule has 0 aliphatic rings. The van der Waals surface area contributed by atoms with E-state index in [1.54, 1.807) is 19.0 Å². The minimum atomic E-state index is -1.45. The molecule has 0 unspecified atom stereocenters. The quantitative estimate of drug-likeness (QED) is 0.608. The van der Waals surface area contributed by atoms with Gasteiger partial charge in [0.15, 0.2) is 0 Å². The topological polar surface area (TPSA) is 66.7 Å². The monoisotopic (exact) mass is 287 g/mol. The van der Waals surface area contributed by atoms with Crippen LogP contribution in [0.3, 0.4) is 0 Å². The van der Waals surface area contributed by atoms with E-state index in [2.05, 4.69) is 0 Å². The number of amides is 1. The van der Waals surface area contributed by atoms with Gasteiger partial charge in [-0.25, -0.2) is 4.39 Å². The average Bonchev–Trinajstić information content (AvgIpc) is 2.35. The van der Waals surface area contributed by atoms with E-state index in [9.17, 15) is 23.7 Å². The van der Waals surface area contributed by atoms with E-state index in [1.165, 1.54) is 7.05 Å². The predicted molar refractivity (Wildman–Crippen MR) is 68.5 cm³/mol. The third-order valence-corrected chi connectivity index (χ3v) is 2.71. The maximum Gasteiger partial charge on any atom is 0.305 e. The highest BCUT2D eigenvalue weighted by Crippen LogP contribution is 2.23. The van der Waals surface area contributed by atoms with Gasteiger partial charge in [-0.1, -0.05) is 0 Å². The fourth-order valence-corrected chi connectivity index (χ4v) is 1.52. The number of nitro benzene ring substituents is 1. The summed E-state index contributed by atoms with van der Waals surface area (Å²) in [4.78, 5) is 24.5. The van der Waals surface area contributed by atoms with Gasteiger partial charge in [-0.3, -0.25) is 14.9 Å². The molecule has 0 fully saturated rings. The van der Waals surface area contributed by atoms with Crippen LogP contribution >= 0.6 is 0 Å². The van der Waals surface area contributed by atoms with E-state index in [-0.39, 0.29) is 6.54 Å². The molecule has 0 N–H and O–H groups in total. The molecule has 0 atom stereocenters. The first-order valence-corrected chi connectivity index (χ1v) is 5.78. The molecular weight excluding hydrogens is 272 g/mol. The lowest BCUT2D eigenvalue weighted by atomic mass is 10.1. The van der Waals surface area contributed by atoms with E-state index in [4.69, 9.17) is 0 Å². The van der Waals surface area contributed by atoms with Crippen molar-refractivity contribution < 1.29 is 18.5 Å². The third-order valence-electron chi connectivity index (χ3n) is 2.71. The van der Waals surface area contributed by atoms with Crippen molar-refractivity contribution in [3.8, 4) is 0 Å². The van der Waals surface area contributed by atoms with Gasteiger partial charge in [0.2, 0.25) is 5.82 Å². The molecule has 110 valence electrons. The van der Waals surface area contributed by atoms with Crippen LogP contribution in [0.4, 0.5) is 14.5 Å². The van der Waals surface area contributed by atoms with E-state index in [1.807, 2.05) is 0 Å². The zero-order valence-electron chi connectivity index (χ0n) is 11.4. The Morgan fingerprint density at radius 3 is 2.35 bits per heavy atom. The lowest BCUT2D eigenvalue weighted by molar-refractivity contribution is -0.387. The van der Waals surface area contributed by atoms with Crippen LogP contribution in [0.25, 0.3) is 0 Å². The van der Waals surface area contributed by atoms with Crippen LogP contribution in [-0.4, -0.2) is 54.9 Å². The second-order valence-electron chi connectivity index (χ2n) is 4.54. The molecule has 0 saturated carbocycles. The molecule has 20 heavy (non-hydrogen) atoms. The predicted octanol–water partition coefficient (Wildman–Crippen LogP) is 1.51. The lowest BCUT2D eigenvalue weighted by Gasteiger charge is -2.20. The van der Waals surface area contributed by atoms with Crippen molar-refractivity contribution in [1.29, 1.82) is 0 Å². The van der Waals surface area contributed by atoms with Crippen molar-refractivity contribution >= 4 is 11.6 Å². The number of rotatable bonds is 5. The van der Waals surface area contributed by atoms with Crippen molar-refractivity contribution in [2.45, 2.75) is 0 Å². The highest BCUT2D eigenvalue weighted by atomic mass is 19.1. The summed E-state index contributed by atoms with van der Waals surface area (Å²) in [6.07, 6.45) is 0. The van der Waals surface area contributed by atoms with Gasteiger partial charge in [-0.15, -0.1) is 0 Å². The van der Waals surface area contributed by atoms with Crippen molar-refractivity contribution in [1.82, 2.24) is 9.80 Å². The molecule has 0 aromatic heterocycles. The molecule has 8 heteroatoms. The standard InChI is InChI=1S/C12H15F2N3O3/c1-15(2)6-7-16(3)12(18)10-8(13)4-5-9(11(10)14)17(19)20/h4-5H,6-7H2,1-3H3. The van der Waals surface area contributed by atoms with Gasteiger partial charge in [0.25, 0.3) is 5.91 Å². The molecule has 0 spiro atoms. The van der Waals surface area contributed by atoms with Crippen molar-refractivity contribution in [3.63, 3.8) is 0 Å². The number of carbonyl (C=O) groups excluding carboxylic acids is 1.